The third-order valence-corrected chi connectivity index (χ3v) is 4.20. The maximum Gasteiger partial charge on any atom is 0.237 e. The van der Waals surface area contributed by atoms with Crippen molar-refractivity contribution >= 4 is 11.8 Å². The number of aromatic nitrogens is 5. The second-order valence-corrected chi connectivity index (χ2v) is 5.77. The Labute approximate surface area is 143 Å². The predicted octanol–water partition coefficient (Wildman–Crippen LogP) is 2.28. The van der Waals surface area contributed by atoms with E-state index in [1.807, 2.05) is 28.8 Å². The first-order valence-electron chi connectivity index (χ1n) is 7.26. The highest BCUT2D eigenvalue weighted by atomic mass is 32.2. The zero-order valence-electron chi connectivity index (χ0n) is 13.4. The number of ether oxygens (including phenoxy) is 2. The molecule has 126 valence electrons. The molecular weight excluding hydrogens is 330 g/mol. The highest BCUT2D eigenvalue weighted by molar-refractivity contribution is 7.98. The predicted molar refractivity (Wildman–Crippen MR) is 87.7 cm³/mol. The lowest BCUT2D eigenvalue weighted by atomic mass is 10.2. The summed E-state index contributed by atoms with van der Waals surface area (Å²) in [5.74, 6) is 2.33. The van der Waals surface area contributed by atoms with Gasteiger partial charge in [0.2, 0.25) is 11.7 Å². The van der Waals surface area contributed by atoms with E-state index >= 15 is 0 Å². The Hall–Kier alpha value is -2.39. The Morgan fingerprint density at radius 3 is 3.04 bits per heavy atom. The van der Waals surface area contributed by atoms with Gasteiger partial charge in [0, 0.05) is 19.2 Å². The highest BCUT2D eigenvalue weighted by Crippen LogP contribution is 2.24. The van der Waals surface area contributed by atoms with Crippen LogP contribution in [-0.2, 0) is 17.0 Å². The largest absolute Gasteiger partial charge is 0.497 e. The Balaban J connectivity index is 1.65. The summed E-state index contributed by atoms with van der Waals surface area (Å²) in [5, 5.41) is 12.8. The molecule has 24 heavy (non-hydrogen) atoms. The molecule has 0 aliphatic rings. The van der Waals surface area contributed by atoms with E-state index in [1.165, 1.54) is 11.8 Å². The topological polar surface area (TPSA) is 88.1 Å². The summed E-state index contributed by atoms with van der Waals surface area (Å²) in [6, 6.07) is 7.53. The molecule has 0 fully saturated rings. The quantitative estimate of drug-likeness (QED) is 0.574. The second-order valence-electron chi connectivity index (χ2n) is 4.83. The second kappa shape index (κ2) is 7.93. The SMILES string of the molecule is COCCn1cnnc1SCc1nc(-c2cccc(OC)c2)no1. The number of hydrogen-bond donors (Lipinski definition) is 0. The normalized spacial score (nSPS) is 10.9. The lowest BCUT2D eigenvalue weighted by Gasteiger charge is -2.03. The summed E-state index contributed by atoms with van der Waals surface area (Å²) < 4.78 is 17.5. The van der Waals surface area contributed by atoms with Crippen molar-refractivity contribution < 1.29 is 14.0 Å². The van der Waals surface area contributed by atoms with Crippen LogP contribution in [0, 0.1) is 0 Å². The van der Waals surface area contributed by atoms with Gasteiger partial charge in [-0.25, -0.2) is 0 Å². The summed E-state index contributed by atoms with van der Waals surface area (Å²) in [6.07, 6.45) is 1.68. The first-order valence-corrected chi connectivity index (χ1v) is 8.25. The van der Waals surface area contributed by atoms with Gasteiger partial charge in [0.15, 0.2) is 5.16 Å². The number of methoxy groups -OCH3 is 2. The molecule has 0 spiro atoms. The van der Waals surface area contributed by atoms with E-state index in [9.17, 15) is 0 Å². The number of hydrogen-bond acceptors (Lipinski definition) is 8. The van der Waals surface area contributed by atoms with Crippen molar-refractivity contribution in [3.63, 3.8) is 0 Å². The highest BCUT2D eigenvalue weighted by Gasteiger charge is 2.12. The van der Waals surface area contributed by atoms with Gasteiger partial charge in [-0.3, -0.25) is 0 Å². The standard InChI is InChI=1S/C15H17N5O3S/c1-21-7-6-20-10-16-18-15(20)24-9-13-17-14(19-23-13)11-4-3-5-12(8-11)22-2/h3-5,8,10H,6-7,9H2,1-2H3. The van der Waals surface area contributed by atoms with E-state index < -0.39 is 0 Å². The van der Waals surface area contributed by atoms with Crippen LogP contribution in [0.1, 0.15) is 5.89 Å². The molecule has 3 aromatic rings. The molecule has 0 amide bonds. The molecule has 2 heterocycles. The molecule has 0 N–H and O–H groups in total. The molecule has 3 rings (SSSR count). The van der Waals surface area contributed by atoms with Crippen LogP contribution in [0.2, 0.25) is 0 Å². The zero-order chi connectivity index (χ0) is 16.8. The van der Waals surface area contributed by atoms with Crippen molar-refractivity contribution in [1.29, 1.82) is 0 Å². The van der Waals surface area contributed by atoms with Gasteiger partial charge in [0.05, 0.1) is 19.5 Å². The molecule has 1 aromatic carbocycles. The van der Waals surface area contributed by atoms with E-state index in [1.54, 1.807) is 20.5 Å². The average Bonchev–Trinajstić information content (AvgIpc) is 3.27. The summed E-state index contributed by atoms with van der Waals surface area (Å²) >= 11 is 1.49. The number of benzene rings is 1. The minimum absolute atomic E-state index is 0.517. The van der Waals surface area contributed by atoms with Crippen molar-refractivity contribution in [2.45, 2.75) is 17.5 Å². The first kappa shape index (κ1) is 16.5. The van der Waals surface area contributed by atoms with E-state index in [4.69, 9.17) is 14.0 Å². The van der Waals surface area contributed by atoms with E-state index in [0.29, 0.717) is 30.6 Å². The summed E-state index contributed by atoms with van der Waals surface area (Å²) in [5.41, 5.74) is 0.845. The summed E-state index contributed by atoms with van der Waals surface area (Å²) in [7, 11) is 3.28. The van der Waals surface area contributed by atoms with Gasteiger partial charge in [-0.2, -0.15) is 4.98 Å². The molecule has 0 unspecified atom stereocenters. The Kier molecular flexibility index (Phi) is 5.44. The van der Waals surface area contributed by atoms with Gasteiger partial charge in [-0.15, -0.1) is 10.2 Å². The fourth-order valence-corrected chi connectivity index (χ4v) is 2.80. The smallest absolute Gasteiger partial charge is 0.237 e. The fraction of sp³-hybridized carbons (Fsp3) is 0.333. The van der Waals surface area contributed by atoms with Crippen LogP contribution in [0.3, 0.4) is 0 Å². The molecule has 0 saturated carbocycles. The molecule has 2 aromatic heterocycles. The van der Waals surface area contributed by atoms with Crippen molar-refractivity contribution in [3.8, 4) is 17.1 Å². The Morgan fingerprint density at radius 2 is 2.21 bits per heavy atom. The number of nitrogens with zero attached hydrogens (tertiary/aromatic N) is 5. The van der Waals surface area contributed by atoms with Gasteiger partial charge >= 0.3 is 0 Å². The van der Waals surface area contributed by atoms with Gasteiger partial charge in [-0.05, 0) is 12.1 Å². The zero-order valence-corrected chi connectivity index (χ0v) is 14.2. The molecule has 0 radical (unpaired) electrons. The van der Waals surface area contributed by atoms with E-state index in [0.717, 1.165) is 16.5 Å². The van der Waals surface area contributed by atoms with Crippen LogP contribution in [0.4, 0.5) is 0 Å². The van der Waals surface area contributed by atoms with Crippen LogP contribution in [0.5, 0.6) is 5.75 Å². The molecule has 9 heteroatoms. The summed E-state index contributed by atoms with van der Waals surface area (Å²) in [4.78, 5) is 4.41. The number of thioether (sulfide) groups is 1. The third kappa shape index (κ3) is 3.92. The average molecular weight is 347 g/mol. The minimum Gasteiger partial charge on any atom is -0.497 e. The molecule has 0 aliphatic heterocycles. The van der Waals surface area contributed by atoms with Crippen molar-refractivity contribution in [3.05, 3.63) is 36.5 Å². The van der Waals surface area contributed by atoms with Crippen molar-refractivity contribution in [1.82, 2.24) is 24.9 Å². The van der Waals surface area contributed by atoms with Crippen molar-refractivity contribution in [2.24, 2.45) is 0 Å². The lowest BCUT2D eigenvalue weighted by molar-refractivity contribution is 0.184. The molecular formula is C15H17N5O3S. The van der Waals surface area contributed by atoms with Crippen molar-refractivity contribution in [2.75, 3.05) is 20.8 Å². The molecule has 0 bridgehead atoms. The Bertz CT molecular complexity index is 789. The third-order valence-electron chi connectivity index (χ3n) is 3.24. The number of rotatable bonds is 8. The first-order chi connectivity index (χ1) is 11.8. The van der Waals surface area contributed by atoms with Gasteiger partial charge in [0.25, 0.3) is 0 Å². The molecule has 0 saturated heterocycles. The maximum absolute atomic E-state index is 5.31. The fourth-order valence-electron chi connectivity index (χ4n) is 2.02. The van der Waals surface area contributed by atoms with Crippen LogP contribution in [-0.4, -0.2) is 45.7 Å². The lowest BCUT2D eigenvalue weighted by Crippen LogP contribution is -2.04. The summed E-state index contributed by atoms with van der Waals surface area (Å²) in [6.45, 7) is 1.30. The molecule has 8 nitrogen and oxygen atoms in total. The van der Waals surface area contributed by atoms with E-state index in [-0.39, 0.29) is 0 Å². The maximum atomic E-state index is 5.31. The minimum atomic E-state index is 0.517. The van der Waals surface area contributed by atoms with Gasteiger partial charge in [-0.1, -0.05) is 29.1 Å². The van der Waals surface area contributed by atoms with Crippen LogP contribution in [0.25, 0.3) is 11.4 Å². The van der Waals surface area contributed by atoms with Gasteiger partial charge < -0.3 is 18.6 Å². The van der Waals surface area contributed by atoms with Crippen LogP contribution >= 0.6 is 11.8 Å². The Morgan fingerprint density at radius 1 is 1.29 bits per heavy atom. The van der Waals surface area contributed by atoms with Gasteiger partial charge in [0.1, 0.15) is 12.1 Å². The van der Waals surface area contributed by atoms with Crippen LogP contribution < -0.4 is 4.74 Å². The monoisotopic (exact) mass is 347 g/mol. The molecule has 0 atom stereocenters. The van der Waals surface area contributed by atoms with Crippen LogP contribution in [0.15, 0.2) is 40.3 Å². The van der Waals surface area contributed by atoms with E-state index in [2.05, 4.69) is 20.3 Å². The molecule has 0 aliphatic carbocycles.